The molecule has 0 radical (unpaired) electrons. The van der Waals surface area contributed by atoms with Crippen LogP contribution < -0.4 is 15.6 Å². The molecule has 2 N–H and O–H groups in total. The van der Waals surface area contributed by atoms with Gasteiger partial charge in [0.15, 0.2) is 16.7 Å². The zero-order valence-electron chi connectivity index (χ0n) is 16.9. The van der Waals surface area contributed by atoms with Gasteiger partial charge in [-0.05, 0) is 35.4 Å². The Morgan fingerprint density at radius 2 is 2.10 bits per heavy atom. The Hall–Kier alpha value is -2.97. The van der Waals surface area contributed by atoms with E-state index in [9.17, 15) is 14.7 Å². The summed E-state index contributed by atoms with van der Waals surface area (Å²) in [6.07, 6.45) is 0.0880. The van der Waals surface area contributed by atoms with Gasteiger partial charge in [-0.1, -0.05) is 41.6 Å². The van der Waals surface area contributed by atoms with E-state index in [1.165, 1.54) is 24.9 Å². The highest BCUT2D eigenvalue weighted by atomic mass is 35.5. The van der Waals surface area contributed by atoms with Gasteiger partial charge in [0.2, 0.25) is 5.91 Å². The van der Waals surface area contributed by atoms with E-state index in [-0.39, 0.29) is 18.1 Å². The van der Waals surface area contributed by atoms with Crippen molar-refractivity contribution in [3.63, 3.8) is 0 Å². The van der Waals surface area contributed by atoms with Crippen LogP contribution in [0.2, 0.25) is 5.02 Å². The lowest BCUT2D eigenvalue weighted by Gasteiger charge is -2.27. The molecule has 0 unspecified atom stereocenters. The number of anilines is 1. The van der Waals surface area contributed by atoms with Gasteiger partial charge >= 0.3 is 0 Å². The average molecular weight is 458 g/mol. The fraction of sp³-hybridized carbons (Fsp3) is 0.227. The van der Waals surface area contributed by atoms with E-state index in [0.29, 0.717) is 38.6 Å². The lowest BCUT2D eigenvalue weighted by Crippen LogP contribution is -2.33. The highest BCUT2D eigenvalue weighted by Gasteiger charge is 2.32. The smallest absolute Gasteiger partial charge is 0.279 e. The third-order valence-electron chi connectivity index (χ3n) is 5.16. The Morgan fingerprint density at radius 1 is 1.29 bits per heavy atom. The molecule has 9 heteroatoms. The summed E-state index contributed by atoms with van der Waals surface area (Å²) in [4.78, 5) is 29.7. The molecule has 2 heterocycles. The molecule has 0 saturated heterocycles. The van der Waals surface area contributed by atoms with Crippen LogP contribution in [0.15, 0.2) is 52.4 Å². The molecule has 7 nitrogen and oxygen atoms in total. The third kappa shape index (κ3) is 4.26. The first-order valence-electron chi connectivity index (χ1n) is 9.52. The van der Waals surface area contributed by atoms with Crippen LogP contribution >= 0.6 is 23.4 Å². The van der Waals surface area contributed by atoms with Gasteiger partial charge in [-0.15, -0.1) is 0 Å². The highest BCUT2D eigenvalue weighted by molar-refractivity contribution is 7.98. The number of rotatable bonds is 5. The van der Waals surface area contributed by atoms with Crippen molar-refractivity contribution in [2.75, 3.05) is 12.4 Å². The first kappa shape index (κ1) is 21.3. The molecule has 31 heavy (non-hydrogen) atoms. The molecule has 2 aromatic carbocycles. The molecule has 0 aliphatic carbocycles. The van der Waals surface area contributed by atoms with E-state index in [4.69, 9.17) is 16.3 Å². The van der Waals surface area contributed by atoms with Crippen LogP contribution in [0.3, 0.4) is 0 Å². The number of hydrogen-bond donors (Lipinski definition) is 2. The zero-order valence-corrected chi connectivity index (χ0v) is 18.5. The number of nitrogens with one attached hydrogen (secondary N) is 1. The molecule has 160 valence electrons. The standard InChI is InChI=1S/C22H20ClN3O4S/c1-26-20-19(21(29)25-22(26)31-11-12-4-3-5-14(23)8-12)15(10-18(28)24-20)13-6-7-17(30-2)16(27)9-13/h3-9,15,27H,10-11H2,1-2H3,(H,24,28)/t15-/m1/s1. The van der Waals surface area contributed by atoms with Crippen LogP contribution in [0.5, 0.6) is 11.5 Å². The van der Waals surface area contributed by atoms with Crippen molar-refractivity contribution in [3.8, 4) is 11.5 Å². The number of hydrogen-bond acceptors (Lipinski definition) is 6. The molecule has 1 aliphatic rings. The minimum Gasteiger partial charge on any atom is -0.504 e. The quantitative estimate of drug-likeness (QED) is 0.445. The Balaban J connectivity index is 1.71. The number of carbonyl (C=O) groups excluding carboxylic acids is 1. The van der Waals surface area contributed by atoms with E-state index in [1.54, 1.807) is 29.8 Å². The van der Waals surface area contributed by atoms with Gasteiger partial charge < -0.3 is 19.7 Å². The summed E-state index contributed by atoms with van der Waals surface area (Å²) < 4.78 is 6.81. The minimum atomic E-state index is -0.515. The van der Waals surface area contributed by atoms with Gasteiger partial charge in [-0.2, -0.15) is 4.98 Å². The van der Waals surface area contributed by atoms with Crippen LogP contribution in [0, 0.1) is 0 Å². The van der Waals surface area contributed by atoms with Crippen LogP contribution in [0.4, 0.5) is 5.82 Å². The Labute approximate surface area is 188 Å². The van der Waals surface area contributed by atoms with Crippen molar-refractivity contribution in [2.45, 2.75) is 23.2 Å². The van der Waals surface area contributed by atoms with Crippen LogP contribution in [0.1, 0.15) is 29.0 Å². The maximum atomic E-state index is 13.0. The SMILES string of the molecule is COc1ccc([C@H]2CC(=O)Nc3c2c(=O)nc(SCc2cccc(Cl)c2)n3C)cc1O. The second-order valence-corrected chi connectivity index (χ2v) is 8.55. The molecular weight excluding hydrogens is 438 g/mol. The molecule has 1 aromatic heterocycles. The Morgan fingerprint density at radius 3 is 2.81 bits per heavy atom. The summed E-state index contributed by atoms with van der Waals surface area (Å²) in [5.41, 5.74) is 1.65. The molecule has 0 bridgehead atoms. The lowest BCUT2D eigenvalue weighted by molar-refractivity contribution is -0.116. The number of amides is 1. The van der Waals surface area contributed by atoms with Crippen molar-refractivity contribution in [1.82, 2.24) is 9.55 Å². The molecule has 4 rings (SSSR count). The van der Waals surface area contributed by atoms with Crippen molar-refractivity contribution < 1.29 is 14.6 Å². The predicted octanol–water partition coefficient (Wildman–Crippen LogP) is 3.91. The number of phenols is 1. The van der Waals surface area contributed by atoms with E-state index in [1.807, 2.05) is 18.2 Å². The number of ether oxygens (including phenoxy) is 1. The summed E-state index contributed by atoms with van der Waals surface area (Å²) in [6.45, 7) is 0. The number of phenolic OH excluding ortho intramolecular Hbond substituents is 1. The number of aromatic hydroxyl groups is 1. The number of aromatic nitrogens is 2. The summed E-state index contributed by atoms with van der Waals surface area (Å²) in [5.74, 6) is 0.543. The van der Waals surface area contributed by atoms with Gasteiger partial charge in [-0.25, -0.2) is 0 Å². The number of benzene rings is 2. The molecule has 0 spiro atoms. The number of nitrogens with zero attached hydrogens (tertiary/aromatic N) is 2. The zero-order chi connectivity index (χ0) is 22.1. The van der Waals surface area contributed by atoms with E-state index in [2.05, 4.69) is 10.3 Å². The highest BCUT2D eigenvalue weighted by Crippen LogP contribution is 2.39. The summed E-state index contributed by atoms with van der Waals surface area (Å²) >= 11 is 7.43. The predicted molar refractivity (Wildman–Crippen MR) is 120 cm³/mol. The number of methoxy groups -OCH3 is 1. The van der Waals surface area contributed by atoms with Crippen LogP contribution in [-0.2, 0) is 17.6 Å². The van der Waals surface area contributed by atoms with Crippen molar-refractivity contribution in [3.05, 3.63) is 74.5 Å². The number of carbonyl (C=O) groups is 1. The summed E-state index contributed by atoms with van der Waals surface area (Å²) in [5, 5.41) is 14.1. The Kier molecular flexibility index (Phi) is 5.93. The van der Waals surface area contributed by atoms with Crippen molar-refractivity contribution in [1.29, 1.82) is 0 Å². The van der Waals surface area contributed by atoms with E-state index >= 15 is 0 Å². The van der Waals surface area contributed by atoms with Gasteiger partial charge in [-0.3, -0.25) is 9.59 Å². The van der Waals surface area contributed by atoms with Gasteiger partial charge in [0.1, 0.15) is 5.82 Å². The normalized spacial score (nSPS) is 15.3. The number of fused-ring (bicyclic) bond motifs is 1. The second kappa shape index (κ2) is 8.64. The maximum Gasteiger partial charge on any atom is 0.279 e. The minimum absolute atomic E-state index is 0.0500. The van der Waals surface area contributed by atoms with Gasteiger partial charge in [0.05, 0.1) is 12.7 Å². The molecule has 0 saturated carbocycles. The molecule has 1 atom stereocenters. The van der Waals surface area contributed by atoms with E-state index in [0.717, 1.165) is 5.56 Å². The first-order chi connectivity index (χ1) is 14.9. The van der Waals surface area contributed by atoms with Gasteiger partial charge in [0, 0.05) is 30.2 Å². The fourth-order valence-electron chi connectivity index (χ4n) is 3.65. The molecule has 1 aliphatic heterocycles. The third-order valence-corrected chi connectivity index (χ3v) is 6.50. The van der Waals surface area contributed by atoms with Crippen LogP contribution in [0.25, 0.3) is 0 Å². The first-order valence-corrected chi connectivity index (χ1v) is 10.9. The molecular formula is C22H20ClN3O4S. The van der Waals surface area contributed by atoms with Gasteiger partial charge in [0.25, 0.3) is 5.56 Å². The summed E-state index contributed by atoms with van der Waals surface area (Å²) in [7, 11) is 3.22. The Bertz CT molecular complexity index is 1230. The van der Waals surface area contributed by atoms with E-state index < -0.39 is 11.5 Å². The fourth-order valence-corrected chi connectivity index (χ4v) is 4.77. The molecule has 1 amide bonds. The lowest BCUT2D eigenvalue weighted by atomic mass is 9.86. The average Bonchev–Trinajstić information content (AvgIpc) is 2.74. The topological polar surface area (TPSA) is 93.5 Å². The molecule has 0 fully saturated rings. The molecule has 3 aromatic rings. The maximum absolute atomic E-state index is 13.0. The summed E-state index contributed by atoms with van der Waals surface area (Å²) in [6, 6.07) is 12.4. The monoisotopic (exact) mass is 457 g/mol. The van der Waals surface area contributed by atoms with Crippen molar-refractivity contribution in [2.24, 2.45) is 7.05 Å². The van der Waals surface area contributed by atoms with Crippen LogP contribution in [-0.4, -0.2) is 27.7 Å². The number of thioether (sulfide) groups is 1. The second-order valence-electron chi connectivity index (χ2n) is 7.18. The largest absolute Gasteiger partial charge is 0.504 e. The van der Waals surface area contributed by atoms with Crippen molar-refractivity contribution >= 4 is 35.1 Å². The number of halogens is 1.